The van der Waals surface area contributed by atoms with E-state index in [1.54, 1.807) is 6.07 Å². The molecule has 2 aromatic heterocycles. The van der Waals surface area contributed by atoms with Crippen molar-refractivity contribution in [3.63, 3.8) is 0 Å². The number of aromatic nitrogens is 3. The molecule has 114 valence electrons. The van der Waals surface area contributed by atoms with Gasteiger partial charge >= 0.3 is 0 Å². The molecule has 0 aliphatic heterocycles. The van der Waals surface area contributed by atoms with Crippen molar-refractivity contribution in [1.29, 1.82) is 5.26 Å². The van der Waals surface area contributed by atoms with Crippen molar-refractivity contribution in [3.8, 4) is 11.8 Å². The van der Waals surface area contributed by atoms with Crippen LogP contribution in [0.1, 0.15) is 29.9 Å². The van der Waals surface area contributed by atoms with E-state index in [1.807, 2.05) is 24.3 Å². The lowest BCUT2D eigenvalue weighted by molar-refractivity contribution is 0.472. The molecule has 1 aliphatic rings. The summed E-state index contributed by atoms with van der Waals surface area (Å²) in [5, 5.41) is 18.4. The molecule has 1 N–H and O–H groups in total. The van der Waals surface area contributed by atoms with E-state index in [9.17, 15) is 5.11 Å². The minimum Gasteiger partial charge on any atom is -0.506 e. The monoisotopic (exact) mass is 304 g/mol. The number of fused-ring (bicyclic) bond motifs is 1. The van der Waals surface area contributed by atoms with Gasteiger partial charge in [-0.25, -0.2) is 4.98 Å². The highest BCUT2D eigenvalue weighted by Crippen LogP contribution is 2.33. The second kappa shape index (κ2) is 5.40. The first-order valence-electron chi connectivity index (χ1n) is 7.76. The number of aromatic hydroxyl groups is 1. The lowest BCUT2D eigenvalue weighted by atomic mass is 10.2. The second-order valence-corrected chi connectivity index (χ2v) is 6.08. The molecule has 1 fully saturated rings. The van der Waals surface area contributed by atoms with Crippen LogP contribution >= 0.6 is 0 Å². The molecule has 2 heterocycles. The maximum Gasteiger partial charge on any atom is 0.133 e. The number of hydrogen-bond donors (Lipinski definition) is 1. The summed E-state index contributed by atoms with van der Waals surface area (Å²) in [5.41, 5.74) is 3.43. The number of nitriles is 1. The van der Waals surface area contributed by atoms with Gasteiger partial charge in [-0.05, 0) is 49.1 Å². The van der Waals surface area contributed by atoms with Gasteiger partial charge in [0.25, 0.3) is 0 Å². The summed E-state index contributed by atoms with van der Waals surface area (Å²) in [6.07, 6.45) is 4.61. The summed E-state index contributed by atoms with van der Waals surface area (Å²) in [6.45, 7) is 0.968. The third-order valence-corrected chi connectivity index (χ3v) is 4.24. The van der Waals surface area contributed by atoms with E-state index >= 15 is 0 Å². The molecular weight excluding hydrogens is 288 g/mol. The van der Waals surface area contributed by atoms with Crippen LogP contribution in [-0.2, 0) is 13.0 Å². The molecule has 4 rings (SSSR count). The molecule has 0 radical (unpaired) electrons. The van der Waals surface area contributed by atoms with Gasteiger partial charge in [0.2, 0.25) is 0 Å². The minimum absolute atomic E-state index is 0.166. The maximum absolute atomic E-state index is 9.36. The number of hydrogen-bond acceptors (Lipinski definition) is 4. The van der Waals surface area contributed by atoms with Gasteiger partial charge in [0.15, 0.2) is 0 Å². The Labute approximate surface area is 133 Å². The highest BCUT2D eigenvalue weighted by Gasteiger charge is 2.24. The second-order valence-electron chi connectivity index (χ2n) is 6.08. The number of pyridine rings is 1. The summed E-state index contributed by atoms with van der Waals surface area (Å²) in [5.74, 6) is 1.86. The summed E-state index contributed by atoms with van der Waals surface area (Å²) in [6, 6.07) is 11.3. The summed E-state index contributed by atoms with van der Waals surface area (Å²) in [4.78, 5) is 8.99. The number of nitrogens with zero attached hydrogens (tertiary/aromatic N) is 4. The van der Waals surface area contributed by atoms with E-state index in [2.05, 4.69) is 15.6 Å². The fourth-order valence-corrected chi connectivity index (χ4v) is 2.83. The van der Waals surface area contributed by atoms with E-state index in [0.717, 1.165) is 35.0 Å². The van der Waals surface area contributed by atoms with Crippen LogP contribution in [0.25, 0.3) is 11.0 Å². The van der Waals surface area contributed by atoms with Crippen LogP contribution in [0.3, 0.4) is 0 Å². The molecule has 1 saturated carbocycles. The third-order valence-electron chi connectivity index (χ3n) is 4.24. The molecule has 0 bridgehead atoms. The largest absolute Gasteiger partial charge is 0.506 e. The topological polar surface area (TPSA) is 74.7 Å². The molecule has 23 heavy (non-hydrogen) atoms. The zero-order valence-electron chi connectivity index (χ0n) is 12.6. The van der Waals surface area contributed by atoms with Gasteiger partial charge in [-0.1, -0.05) is 0 Å². The van der Waals surface area contributed by atoms with Crippen LogP contribution < -0.4 is 0 Å². The Balaban J connectivity index is 1.76. The molecule has 5 nitrogen and oxygen atoms in total. The van der Waals surface area contributed by atoms with Crippen LogP contribution in [0.2, 0.25) is 0 Å². The molecular formula is C18H16N4O. The predicted molar refractivity (Wildman–Crippen MR) is 85.9 cm³/mol. The van der Waals surface area contributed by atoms with Crippen LogP contribution in [0.5, 0.6) is 5.75 Å². The van der Waals surface area contributed by atoms with E-state index < -0.39 is 0 Å². The molecule has 3 aromatic rings. The normalized spacial score (nSPS) is 14.0. The van der Waals surface area contributed by atoms with Gasteiger partial charge in [0, 0.05) is 18.7 Å². The lowest BCUT2D eigenvalue weighted by Crippen LogP contribution is -2.06. The van der Waals surface area contributed by atoms with E-state index in [-0.39, 0.29) is 5.75 Å². The molecule has 0 atom stereocenters. The van der Waals surface area contributed by atoms with Gasteiger partial charge in [-0.3, -0.25) is 4.98 Å². The van der Waals surface area contributed by atoms with Crippen molar-refractivity contribution in [2.45, 2.75) is 25.8 Å². The quantitative estimate of drug-likeness (QED) is 0.804. The Bertz CT molecular complexity index is 901. The average molecular weight is 304 g/mol. The Hall–Kier alpha value is -2.87. The fraction of sp³-hybridized carbons (Fsp3) is 0.278. The third kappa shape index (κ3) is 2.76. The maximum atomic E-state index is 9.36. The van der Waals surface area contributed by atoms with Crippen molar-refractivity contribution in [3.05, 3.63) is 53.6 Å². The van der Waals surface area contributed by atoms with Gasteiger partial charge in [-0.2, -0.15) is 5.26 Å². The average Bonchev–Trinajstić information content (AvgIpc) is 3.32. The molecule has 0 unspecified atom stereocenters. The minimum atomic E-state index is 0.166. The predicted octanol–water partition coefficient (Wildman–Crippen LogP) is 3.01. The SMILES string of the molecule is N#Cc1ccc2c(c1)nc(Cc1ccc(O)cn1)n2CC1CC1. The smallest absolute Gasteiger partial charge is 0.133 e. The molecule has 5 heteroatoms. The highest BCUT2D eigenvalue weighted by atomic mass is 16.3. The van der Waals surface area contributed by atoms with E-state index in [0.29, 0.717) is 12.0 Å². The first kappa shape index (κ1) is 13.8. The zero-order valence-corrected chi connectivity index (χ0v) is 12.6. The van der Waals surface area contributed by atoms with Gasteiger partial charge in [0.05, 0.1) is 28.9 Å². The van der Waals surface area contributed by atoms with Crippen molar-refractivity contribution < 1.29 is 5.11 Å². The van der Waals surface area contributed by atoms with E-state index in [4.69, 9.17) is 10.2 Å². The Kier molecular flexibility index (Phi) is 3.23. The van der Waals surface area contributed by atoms with Gasteiger partial charge < -0.3 is 9.67 Å². The van der Waals surface area contributed by atoms with Crippen molar-refractivity contribution in [2.75, 3.05) is 0 Å². The first-order chi connectivity index (χ1) is 11.2. The molecule has 0 spiro atoms. The van der Waals surface area contributed by atoms with Gasteiger partial charge in [0.1, 0.15) is 11.6 Å². The molecule has 1 aromatic carbocycles. The zero-order chi connectivity index (χ0) is 15.8. The van der Waals surface area contributed by atoms with Crippen LogP contribution in [0.4, 0.5) is 0 Å². The van der Waals surface area contributed by atoms with Crippen molar-refractivity contribution >= 4 is 11.0 Å². The van der Waals surface area contributed by atoms with Crippen LogP contribution in [0, 0.1) is 17.2 Å². The number of imidazole rings is 1. The summed E-state index contributed by atoms with van der Waals surface area (Å²) >= 11 is 0. The Morgan fingerprint density at radius 3 is 2.83 bits per heavy atom. The van der Waals surface area contributed by atoms with Crippen LogP contribution in [-0.4, -0.2) is 19.6 Å². The summed E-state index contributed by atoms with van der Waals surface area (Å²) < 4.78 is 2.25. The highest BCUT2D eigenvalue weighted by molar-refractivity contribution is 5.77. The summed E-state index contributed by atoms with van der Waals surface area (Å²) in [7, 11) is 0. The fourth-order valence-electron chi connectivity index (χ4n) is 2.83. The first-order valence-corrected chi connectivity index (χ1v) is 7.76. The van der Waals surface area contributed by atoms with Crippen molar-refractivity contribution in [1.82, 2.24) is 14.5 Å². The number of rotatable bonds is 4. The lowest BCUT2D eigenvalue weighted by Gasteiger charge is -2.08. The Morgan fingerprint density at radius 1 is 1.26 bits per heavy atom. The van der Waals surface area contributed by atoms with Gasteiger partial charge in [-0.15, -0.1) is 0 Å². The van der Waals surface area contributed by atoms with E-state index in [1.165, 1.54) is 19.0 Å². The molecule has 1 aliphatic carbocycles. The standard InChI is InChI=1S/C18H16N4O/c19-9-13-3-6-17-16(7-13)21-18(22(17)11-12-1-2-12)8-14-4-5-15(23)10-20-14/h3-7,10,12,23H,1-2,8,11H2. The molecule has 0 saturated heterocycles. The Morgan fingerprint density at radius 2 is 2.13 bits per heavy atom. The number of benzene rings is 1. The van der Waals surface area contributed by atoms with Crippen LogP contribution in [0.15, 0.2) is 36.5 Å². The van der Waals surface area contributed by atoms with Crippen molar-refractivity contribution in [2.24, 2.45) is 5.92 Å². The molecule has 0 amide bonds.